The molecular weight excluding hydrogens is 385 g/mol. The van der Waals surface area contributed by atoms with Crippen LogP contribution < -0.4 is 20.4 Å². The molecule has 29 heavy (non-hydrogen) atoms. The van der Waals surface area contributed by atoms with Crippen molar-refractivity contribution in [1.82, 2.24) is 9.88 Å². The number of nitrogens with one attached hydrogen (secondary N) is 1. The Balaban J connectivity index is 1.92. The fourth-order valence-corrected chi connectivity index (χ4v) is 3.05. The van der Waals surface area contributed by atoms with Gasteiger partial charge < -0.3 is 19.5 Å². The van der Waals surface area contributed by atoms with Crippen LogP contribution in [0.25, 0.3) is 5.70 Å². The van der Waals surface area contributed by atoms with Crippen LogP contribution in [0, 0.1) is 5.82 Å². The molecule has 9 heteroatoms. The fourth-order valence-electron chi connectivity index (χ4n) is 3.05. The number of aromatic nitrogens is 1. The quantitative estimate of drug-likeness (QED) is 0.591. The molecule has 3 rings (SSSR count). The van der Waals surface area contributed by atoms with Crippen molar-refractivity contribution in [2.45, 2.75) is 6.61 Å². The Morgan fingerprint density at radius 2 is 2.00 bits per heavy atom. The molecule has 0 atom stereocenters. The number of nitrogens with zero attached hydrogens (tertiary/aromatic N) is 3. The highest BCUT2D eigenvalue weighted by atomic mass is 19.3. The molecule has 2 heterocycles. The number of aryl methyl sites for hydroxylation is 1. The number of rotatable bonds is 6. The summed E-state index contributed by atoms with van der Waals surface area (Å²) in [5.41, 5.74) is 2.06. The summed E-state index contributed by atoms with van der Waals surface area (Å²) < 4.78 is 44.6. The molecule has 0 saturated carbocycles. The van der Waals surface area contributed by atoms with Crippen molar-refractivity contribution in [3.05, 3.63) is 59.5 Å². The molecule has 0 unspecified atom stereocenters. The number of ether oxygens (including phenoxy) is 1. The molecule has 1 N–H and O–H groups in total. The molecular formula is C20H21F3N4O2. The van der Waals surface area contributed by atoms with Crippen LogP contribution >= 0.6 is 0 Å². The van der Waals surface area contributed by atoms with Crippen LogP contribution in [0.4, 0.5) is 18.9 Å². The predicted molar refractivity (Wildman–Crippen MR) is 103 cm³/mol. The second-order valence-corrected chi connectivity index (χ2v) is 6.42. The zero-order valence-corrected chi connectivity index (χ0v) is 15.8. The number of anilines is 1. The summed E-state index contributed by atoms with van der Waals surface area (Å²) in [6, 6.07) is 7.20. The van der Waals surface area contributed by atoms with E-state index in [4.69, 9.17) is 0 Å². The molecule has 0 amide bonds. The van der Waals surface area contributed by atoms with E-state index in [1.165, 1.54) is 12.1 Å². The predicted octanol–water partition coefficient (Wildman–Crippen LogP) is 2.32. The third kappa shape index (κ3) is 5.26. The number of benzene rings is 1. The lowest BCUT2D eigenvalue weighted by Gasteiger charge is -2.29. The molecule has 0 spiro atoms. The number of carbonyl (C=O) groups excluding carboxylic acids is 1. The van der Waals surface area contributed by atoms with Gasteiger partial charge in [0, 0.05) is 51.1 Å². The lowest BCUT2D eigenvalue weighted by molar-refractivity contribution is -0.104. The van der Waals surface area contributed by atoms with E-state index in [1.54, 1.807) is 10.6 Å². The number of carbonyl (C=O) groups is 1. The van der Waals surface area contributed by atoms with Crippen LogP contribution in [-0.4, -0.2) is 43.6 Å². The van der Waals surface area contributed by atoms with Crippen molar-refractivity contribution >= 4 is 17.7 Å². The second-order valence-electron chi connectivity index (χ2n) is 6.42. The standard InChI is InChI=1S/C20H21F3N4O2/c1-26-13-15(27-9-7-24-8-10-27)3-5-19(26)25-17(6-11-28)14-2-4-18(16(21)12-14)29-20(22)23/h2-6,11-13,20,24H,7-10H2,1H3/b17-6-,25-19-. The van der Waals surface area contributed by atoms with Crippen LogP contribution in [0.3, 0.4) is 0 Å². The van der Waals surface area contributed by atoms with E-state index < -0.39 is 18.2 Å². The highest BCUT2D eigenvalue weighted by Gasteiger charge is 2.13. The molecule has 0 aliphatic carbocycles. The normalized spacial score (nSPS) is 15.7. The van der Waals surface area contributed by atoms with Gasteiger partial charge in [-0.15, -0.1) is 0 Å². The van der Waals surface area contributed by atoms with Crippen LogP contribution in [0.15, 0.2) is 47.6 Å². The van der Waals surface area contributed by atoms with Gasteiger partial charge in [-0.2, -0.15) is 8.78 Å². The number of aldehydes is 1. The Labute approximate surface area is 165 Å². The van der Waals surface area contributed by atoms with Gasteiger partial charge in [-0.3, -0.25) is 4.79 Å². The molecule has 154 valence electrons. The Hall–Kier alpha value is -3.07. The zero-order valence-electron chi connectivity index (χ0n) is 15.8. The Morgan fingerprint density at radius 1 is 1.24 bits per heavy atom. The highest BCUT2D eigenvalue weighted by Crippen LogP contribution is 2.24. The minimum Gasteiger partial charge on any atom is -0.432 e. The molecule has 6 nitrogen and oxygen atoms in total. The summed E-state index contributed by atoms with van der Waals surface area (Å²) in [6.07, 6.45) is 3.66. The summed E-state index contributed by atoms with van der Waals surface area (Å²) in [6.45, 7) is 0.508. The SMILES string of the molecule is Cn1cc(N2CCNCC2)cc/c1=N/C(=C\C=O)c1ccc(OC(F)F)c(F)c1. The molecule has 1 fully saturated rings. The van der Waals surface area contributed by atoms with Crippen LogP contribution in [0.2, 0.25) is 0 Å². The van der Waals surface area contributed by atoms with Crippen LogP contribution in [-0.2, 0) is 11.8 Å². The van der Waals surface area contributed by atoms with Crippen molar-refractivity contribution in [3.63, 3.8) is 0 Å². The van der Waals surface area contributed by atoms with E-state index in [2.05, 4.69) is 19.9 Å². The van der Waals surface area contributed by atoms with Crippen LogP contribution in [0.5, 0.6) is 5.75 Å². The van der Waals surface area contributed by atoms with Gasteiger partial charge in [-0.25, -0.2) is 9.38 Å². The first-order valence-corrected chi connectivity index (χ1v) is 9.05. The molecule has 1 aliphatic heterocycles. The number of alkyl halides is 2. The summed E-state index contributed by atoms with van der Waals surface area (Å²) in [7, 11) is 1.82. The van der Waals surface area contributed by atoms with Gasteiger partial charge in [0.15, 0.2) is 11.6 Å². The molecule has 1 saturated heterocycles. The first-order valence-electron chi connectivity index (χ1n) is 9.05. The number of hydrogen-bond donors (Lipinski definition) is 1. The van der Waals surface area contributed by atoms with Gasteiger partial charge in [0.2, 0.25) is 0 Å². The topological polar surface area (TPSA) is 58.9 Å². The number of allylic oxidation sites excluding steroid dienone is 1. The van der Waals surface area contributed by atoms with Crippen molar-refractivity contribution in [2.75, 3.05) is 31.1 Å². The Morgan fingerprint density at radius 3 is 2.62 bits per heavy atom. The molecule has 0 radical (unpaired) electrons. The number of piperazine rings is 1. The highest BCUT2D eigenvalue weighted by molar-refractivity contribution is 5.81. The second kappa shape index (κ2) is 9.42. The minimum atomic E-state index is -3.13. The van der Waals surface area contributed by atoms with E-state index in [-0.39, 0.29) is 11.3 Å². The van der Waals surface area contributed by atoms with Crippen molar-refractivity contribution < 1.29 is 22.7 Å². The average molecular weight is 406 g/mol. The Bertz CT molecular complexity index is 966. The number of halogens is 3. The van der Waals surface area contributed by atoms with Crippen molar-refractivity contribution in [1.29, 1.82) is 0 Å². The van der Waals surface area contributed by atoms with Gasteiger partial charge in [-0.05, 0) is 30.3 Å². The van der Waals surface area contributed by atoms with Gasteiger partial charge in [0.1, 0.15) is 11.8 Å². The van der Waals surface area contributed by atoms with E-state index in [0.717, 1.165) is 44.0 Å². The smallest absolute Gasteiger partial charge is 0.387 e. The first kappa shape index (κ1) is 20.7. The lowest BCUT2D eigenvalue weighted by atomic mass is 10.1. The van der Waals surface area contributed by atoms with Crippen molar-refractivity contribution in [2.24, 2.45) is 12.0 Å². The average Bonchev–Trinajstić information content (AvgIpc) is 2.71. The molecule has 2 aromatic rings. The first-order chi connectivity index (χ1) is 14.0. The fraction of sp³-hybridized carbons (Fsp3) is 0.300. The minimum absolute atomic E-state index is 0.202. The molecule has 1 aromatic heterocycles. The van der Waals surface area contributed by atoms with Crippen molar-refractivity contribution in [3.8, 4) is 5.75 Å². The summed E-state index contributed by atoms with van der Waals surface area (Å²) in [5.74, 6) is -1.53. The number of pyridine rings is 1. The zero-order chi connectivity index (χ0) is 20.8. The largest absolute Gasteiger partial charge is 0.432 e. The maximum Gasteiger partial charge on any atom is 0.387 e. The lowest BCUT2D eigenvalue weighted by Crippen LogP contribution is -2.43. The van der Waals surface area contributed by atoms with Gasteiger partial charge >= 0.3 is 6.61 Å². The third-order valence-corrected chi connectivity index (χ3v) is 4.48. The molecule has 1 aliphatic rings. The van der Waals surface area contributed by atoms with E-state index in [0.29, 0.717) is 11.8 Å². The number of hydrogen-bond acceptors (Lipinski definition) is 5. The van der Waals surface area contributed by atoms with E-state index in [1.807, 2.05) is 19.3 Å². The van der Waals surface area contributed by atoms with Gasteiger partial charge in [0.25, 0.3) is 0 Å². The maximum absolute atomic E-state index is 14.1. The van der Waals surface area contributed by atoms with Gasteiger partial charge in [-0.1, -0.05) is 0 Å². The maximum atomic E-state index is 14.1. The summed E-state index contributed by atoms with van der Waals surface area (Å²) in [5, 5.41) is 3.30. The monoisotopic (exact) mass is 406 g/mol. The molecule has 1 aromatic carbocycles. The summed E-state index contributed by atoms with van der Waals surface area (Å²) in [4.78, 5) is 17.7. The van der Waals surface area contributed by atoms with Gasteiger partial charge in [0.05, 0.1) is 11.4 Å². The Kier molecular flexibility index (Phi) is 6.71. The van der Waals surface area contributed by atoms with E-state index in [9.17, 15) is 18.0 Å². The summed E-state index contributed by atoms with van der Waals surface area (Å²) >= 11 is 0. The van der Waals surface area contributed by atoms with E-state index >= 15 is 0 Å². The molecule has 0 bridgehead atoms. The third-order valence-electron chi connectivity index (χ3n) is 4.48. The van der Waals surface area contributed by atoms with Crippen LogP contribution in [0.1, 0.15) is 5.56 Å².